The summed E-state index contributed by atoms with van der Waals surface area (Å²) < 4.78 is 24.1. The first-order valence-corrected chi connectivity index (χ1v) is 8.59. The van der Waals surface area contributed by atoms with Crippen LogP contribution >= 0.6 is 24.0 Å². The van der Waals surface area contributed by atoms with Crippen LogP contribution in [-0.2, 0) is 17.8 Å². The number of hydrogen-bond acceptors (Lipinski definition) is 5. The molecule has 1 aromatic carbocycles. The van der Waals surface area contributed by atoms with Gasteiger partial charge in [-0.3, -0.25) is 4.99 Å². The monoisotopic (exact) mass is 489 g/mol. The van der Waals surface area contributed by atoms with Gasteiger partial charge in [-0.15, -0.1) is 24.0 Å². The van der Waals surface area contributed by atoms with Crippen molar-refractivity contribution in [2.75, 3.05) is 45.3 Å². The van der Waals surface area contributed by atoms with Crippen LogP contribution in [0.3, 0.4) is 0 Å². The standard InChI is InChI=1S/C18H24FN5O2.HI/c1-20-18(23(2)13-16-5-8-26-22-16)21-12-14-11-15(19)3-4-17(14)24-6-9-25-10-7-24;/h3-5,8,11H,6-7,9-10,12-13H2,1-2H3,(H,20,21);1H. The summed E-state index contributed by atoms with van der Waals surface area (Å²) in [5.74, 6) is 0.454. The van der Waals surface area contributed by atoms with Crippen molar-refractivity contribution in [1.82, 2.24) is 15.4 Å². The molecule has 9 heteroatoms. The Balaban J connectivity index is 0.00000261. The molecule has 0 saturated carbocycles. The molecule has 7 nitrogen and oxygen atoms in total. The fourth-order valence-electron chi connectivity index (χ4n) is 3.00. The van der Waals surface area contributed by atoms with Gasteiger partial charge in [0.1, 0.15) is 17.8 Å². The minimum absolute atomic E-state index is 0. The molecule has 0 atom stereocenters. The summed E-state index contributed by atoms with van der Waals surface area (Å²) in [6, 6.07) is 6.72. The lowest BCUT2D eigenvalue weighted by molar-refractivity contribution is 0.122. The lowest BCUT2D eigenvalue weighted by Gasteiger charge is -2.31. The molecule has 3 rings (SSSR count). The van der Waals surface area contributed by atoms with E-state index in [0.29, 0.717) is 32.3 Å². The van der Waals surface area contributed by atoms with Crippen LogP contribution < -0.4 is 10.2 Å². The first-order valence-electron chi connectivity index (χ1n) is 8.59. The summed E-state index contributed by atoms with van der Waals surface area (Å²) in [6.07, 6.45) is 1.54. The third-order valence-electron chi connectivity index (χ3n) is 4.29. The summed E-state index contributed by atoms with van der Waals surface area (Å²) in [7, 11) is 3.63. The fourth-order valence-corrected chi connectivity index (χ4v) is 3.00. The second-order valence-corrected chi connectivity index (χ2v) is 6.12. The number of anilines is 1. The Bertz CT molecular complexity index is 735. The zero-order valence-electron chi connectivity index (χ0n) is 15.5. The lowest BCUT2D eigenvalue weighted by Crippen LogP contribution is -2.39. The Kier molecular flexibility index (Phi) is 8.29. The summed E-state index contributed by atoms with van der Waals surface area (Å²) in [5, 5.41) is 7.21. The Hall–Kier alpha value is -1.88. The van der Waals surface area contributed by atoms with Crippen LogP contribution in [0.2, 0.25) is 0 Å². The molecule has 1 aromatic heterocycles. The van der Waals surface area contributed by atoms with Crippen molar-refractivity contribution in [3.05, 3.63) is 47.6 Å². The number of aliphatic imine (C=N–C) groups is 1. The first kappa shape index (κ1) is 21.4. The molecular formula is C18H25FIN5O2. The van der Waals surface area contributed by atoms with E-state index in [0.717, 1.165) is 30.0 Å². The first-order chi connectivity index (χ1) is 12.7. The predicted octanol–water partition coefficient (Wildman–Crippen LogP) is 2.48. The van der Waals surface area contributed by atoms with Gasteiger partial charge < -0.3 is 24.4 Å². The fraction of sp³-hybridized carbons (Fsp3) is 0.444. The molecule has 1 aliphatic heterocycles. The van der Waals surface area contributed by atoms with Crippen LogP contribution in [0.4, 0.5) is 10.1 Å². The van der Waals surface area contributed by atoms with Crippen LogP contribution in [0.1, 0.15) is 11.3 Å². The molecule has 0 spiro atoms. The van der Waals surface area contributed by atoms with Crippen molar-refractivity contribution in [1.29, 1.82) is 0 Å². The highest BCUT2D eigenvalue weighted by molar-refractivity contribution is 14.0. The molecular weight excluding hydrogens is 464 g/mol. The van der Waals surface area contributed by atoms with Gasteiger partial charge in [0.15, 0.2) is 5.96 Å². The highest BCUT2D eigenvalue weighted by Gasteiger charge is 2.16. The maximum Gasteiger partial charge on any atom is 0.194 e. The molecule has 1 aliphatic rings. The summed E-state index contributed by atoms with van der Waals surface area (Å²) in [6.45, 7) is 4.02. The Labute approximate surface area is 175 Å². The van der Waals surface area contributed by atoms with Crippen molar-refractivity contribution in [3.63, 3.8) is 0 Å². The summed E-state index contributed by atoms with van der Waals surface area (Å²) in [4.78, 5) is 8.45. The van der Waals surface area contributed by atoms with E-state index in [4.69, 9.17) is 9.26 Å². The van der Waals surface area contributed by atoms with Gasteiger partial charge in [0.05, 0.1) is 19.8 Å². The Morgan fingerprint density at radius 1 is 1.33 bits per heavy atom. The molecule has 1 N–H and O–H groups in total. The van der Waals surface area contributed by atoms with Gasteiger partial charge in [-0.05, 0) is 23.8 Å². The second kappa shape index (κ2) is 10.5. The molecule has 0 amide bonds. The summed E-state index contributed by atoms with van der Waals surface area (Å²) in [5.41, 5.74) is 2.73. The van der Waals surface area contributed by atoms with E-state index in [1.165, 1.54) is 6.07 Å². The quantitative estimate of drug-likeness (QED) is 0.396. The predicted molar refractivity (Wildman–Crippen MR) is 113 cm³/mol. The van der Waals surface area contributed by atoms with E-state index >= 15 is 0 Å². The largest absolute Gasteiger partial charge is 0.378 e. The number of guanidine groups is 1. The normalized spacial score (nSPS) is 14.6. The van der Waals surface area contributed by atoms with Crippen molar-refractivity contribution < 1.29 is 13.7 Å². The lowest BCUT2D eigenvalue weighted by atomic mass is 10.1. The molecule has 148 valence electrons. The zero-order valence-corrected chi connectivity index (χ0v) is 17.9. The molecule has 0 unspecified atom stereocenters. The number of benzene rings is 1. The van der Waals surface area contributed by atoms with Crippen LogP contribution in [0.15, 0.2) is 40.0 Å². The number of morpholine rings is 1. The van der Waals surface area contributed by atoms with E-state index in [-0.39, 0.29) is 29.8 Å². The zero-order chi connectivity index (χ0) is 18.4. The van der Waals surface area contributed by atoms with E-state index < -0.39 is 0 Å². The highest BCUT2D eigenvalue weighted by atomic mass is 127. The average molecular weight is 489 g/mol. The molecule has 1 saturated heterocycles. The van der Waals surface area contributed by atoms with Crippen LogP contribution in [0, 0.1) is 5.82 Å². The van der Waals surface area contributed by atoms with Crippen LogP contribution in [0.25, 0.3) is 0 Å². The van der Waals surface area contributed by atoms with Gasteiger partial charge in [-0.2, -0.15) is 0 Å². The average Bonchev–Trinajstić information content (AvgIpc) is 3.16. The third kappa shape index (κ3) is 5.80. The van der Waals surface area contributed by atoms with Gasteiger partial charge >= 0.3 is 0 Å². The van der Waals surface area contributed by atoms with Crippen molar-refractivity contribution in [2.24, 2.45) is 4.99 Å². The molecule has 0 aliphatic carbocycles. The maximum absolute atomic E-state index is 13.8. The van der Waals surface area contributed by atoms with Crippen LogP contribution in [-0.4, -0.2) is 56.4 Å². The summed E-state index contributed by atoms with van der Waals surface area (Å²) >= 11 is 0. The van der Waals surface area contributed by atoms with E-state index in [2.05, 4.69) is 20.4 Å². The number of hydrogen-bond donors (Lipinski definition) is 1. The van der Waals surface area contributed by atoms with Crippen molar-refractivity contribution in [2.45, 2.75) is 13.1 Å². The molecule has 1 fully saturated rings. The molecule has 27 heavy (non-hydrogen) atoms. The minimum atomic E-state index is -0.246. The maximum atomic E-state index is 13.8. The SMILES string of the molecule is CN=C(NCc1cc(F)ccc1N1CCOCC1)N(C)Cc1ccon1.I. The van der Waals surface area contributed by atoms with Crippen molar-refractivity contribution in [3.8, 4) is 0 Å². The number of ether oxygens (including phenoxy) is 1. The topological polar surface area (TPSA) is 66.1 Å². The van der Waals surface area contributed by atoms with E-state index in [1.807, 2.05) is 24.1 Å². The number of halogens is 2. The van der Waals surface area contributed by atoms with Crippen LogP contribution in [0.5, 0.6) is 0 Å². The number of rotatable bonds is 5. The molecule has 0 radical (unpaired) electrons. The van der Waals surface area contributed by atoms with Crippen molar-refractivity contribution >= 4 is 35.6 Å². The molecule has 0 bridgehead atoms. The minimum Gasteiger partial charge on any atom is -0.378 e. The van der Waals surface area contributed by atoms with E-state index in [9.17, 15) is 4.39 Å². The third-order valence-corrected chi connectivity index (χ3v) is 4.29. The molecule has 2 aromatic rings. The highest BCUT2D eigenvalue weighted by Crippen LogP contribution is 2.23. The van der Waals surface area contributed by atoms with Gasteiger partial charge in [-0.25, -0.2) is 4.39 Å². The van der Waals surface area contributed by atoms with Gasteiger partial charge in [0.2, 0.25) is 0 Å². The molecule has 2 heterocycles. The smallest absolute Gasteiger partial charge is 0.194 e. The van der Waals surface area contributed by atoms with E-state index in [1.54, 1.807) is 19.4 Å². The Morgan fingerprint density at radius 2 is 2.11 bits per heavy atom. The number of nitrogens with zero attached hydrogens (tertiary/aromatic N) is 4. The van der Waals surface area contributed by atoms with Gasteiger partial charge in [-0.1, -0.05) is 5.16 Å². The van der Waals surface area contributed by atoms with Gasteiger partial charge in [0, 0.05) is 45.5 Å². The Morgan fingerprint density at radius 3 is 2.78 bits per heavy atom. The second-order valence-electron chi connectivity index (χ2n) is 6.12. The van der Waals surface area contributed by atoms with Gasteiger partial charge in [0.25, 0.3) is 0 Å². The number of aromatic nitrogens is 1. The number of nitrogens with one attached hydrogen (secondary N) is 1.